The van der Waals surface area contributed by atoms with Crippen LogP contribution in [-0.2, 0) is 0 Å². The van der Waals surface area contributed by atoms with Crippen molar-refractivity contribution in [1.82, 2.24) is 15.2 Å². The largest absolute Gasteiger partial charge is 0.478 e. The fourth-order valence-corrected chi connectivity index (χ4v) is 0.736. The van der Waals surface area contributed by atoms with Crippen molar-refractivity contribution in [2.75, 3.05) is 0 Å². The molecule has 0 amide bonds. The summed E-state index contributed by atoms with van der Waals surface area (Å²) in [5.41, 5.74) is 1.58. The molecule has 0 unspecified atom stereocenters. The van der Waals surface area contributed by atoms with E-state index in [0.717, 1.165) is 18.4 Å². The molecule has 0 fully saturated rings. The SMILES string of the molecule is BBc1nc(O)nnc1B. The molecule has 0 radical (unpaired) electrons. The van der Waals surface area contributed by atoms with Gasteiger partial charge < -0.3 is 5.11 Å². The summed E-state index contributed by atoms with van der Waals surface area (Å²) in [7, 11) is 4.55. The van der Waals surface area contributed by atoms with Crippen molar-refractivity contribution in [3.05, 3.63) is 0 Å². The van der Waals surface area contributed by atoms with Crippen molar-refractivity contribution in [3.63, 3.8) is 0 Å². The first kappa shape index (κ1) is 7.12. The van der Waals surface area contributed by atoms with Crippen LogP contribution >= 0.6 is 0 Å². The molecule has 0 aliphatic heterocycles. The molecule has 0 spiro atoms. The van der Waals surface area contributed by atoms with Crippen molar-refractivity contribution >= 4 is 33.9 Å². The van der Waals surface area contributed by atoms with E-state index in [9.17, 15) is 0 Å². The summed E-state index contributed by atoms with van der Waals surface area (Å²) in [4.78, 5) is 3.77. The molecule has 48 valence electrons. The van der Waals surface area contributed by atoms with Gasteiger partial charge in [0.15, 0.2) is 7.85 Å². The molecule has 0 saturated carbocycles. The Balaban J connectivity index is 3.09. The van der Waals surface area contributed by atoms with Gasteiger partial charge in [-0.3, -0.25) is 0 Å². The van der Waals surface area contributed by atoms with Crippen LogP contribution in [0.3, 0.4) is 0 Å². The lowest BCUT2D eigenvalue weighted by atomic mass is 9.52. The first-order chi connectivity index (χ1) is 4.74. The maximum atomic E-state index is 8.78. The number of aromatic hydroxyl groups is 1. The number of rotatable bonds is 1. The van der Waals surface area contributed by atoms with Crippen molar-refractivity contribution < 1.29 is 5.11 Å². The van der Waals surface area contributed by atoms with Gasteiger partial charge in [-0.05, 0) is 0 Å². The molecule has 0 saturated heterocycles. The summed E-state index contributed by atoms with van der Waals surface area (Å²) in [5.74, 6) is 0. The van der Waals surface area contributed by atoms with E-state index in [0.29, 0.717) is 0 Å². The summed E-state index contributed by atoms with van der Waals surface area (Å²) in [6.07, 6.45) is 0. The molecule has 10 heavy (non-hydrogen) atoms. The van der Waals surface area contributed by atoms with Crippen molar-refractivity contribution in [3.8, 4) is 6.01 Å². The van der Waals surface area contributed by atoms with Crippen LogP contribution in [0.1, 0.15) is 0 Å². The predicted octanol–water partition coefficient (Wildman–Crippen LogP) is -4.55. The quantitative estimate of drug-likeness (QED) is 0.391. The second kappa shape index (κ2) is 2.73. The maximum Gasteiger partial charge on any atom is 0.332 e. The molecule has 1 aromatic rings. The lowest BCUT2D eigenvalue weighted by Crippen LogP contribution is -2.37. The second-order valence-corrected chi connectivity index (χ2v) is 2.00. The monoisotopic (exact) mass is 133 g/mol. The van der Waals surface area contributed by atoms with Gasteiger partial charge in [0.25, 0.3) is 0 Å². The Morgan fingerprint density at radius 3 is 2.60 bits per heavy atom. The van der Waals surface area contributed by atoms with Gasteiger partial charge in [0.1, 0.15) is 7.17 Å². The molecule has 0 aliphatic carbocycles. The summed E-state index contributed by atoms with van der Waals surface area (Å²) in [5, 5.41) is 15.9. The Bertz CT molecular complexity index is 242. The Morgan fingerprint density at radius 2 is 2.10 bits per heavy atom. The lowest BCUT2D eigenvalue weighted by molar-refractivity contribution is 0.424. The lowest BCUT2D eigenvalue weighted by Gasteiger charge is -1.97. The van der Waals surface area contributed by atoms with Gasteiger partial charge in [0, 0.05) is 11.2 Å². The molecule has 0 atom stereocenters. The standard InChI is InChI=1S/C3H6B3N3O/c4-1-2(6-5)7-3(10)9-8-1/h6H,4-5H2,(H,7,9,10). The van der Waals surface area contributed by atoms with Gasteiger partial charge in [-0.1, -0.05) is 5.10 Å². The molecule has 0 aromatic carbocycles. The number of nitrogens with zero attached hydrogens (tertiary/aromatic N) is 3. The molecule has 1 aromatic heterocycles. The van der Waals surface area contributed by atoms with Gasteiger partial charge in [-0.2, -0.15) is 5.10 Å². The number of aromatic nitrogens is 3. The maximum absolute atomic E-state index is 8.78. The van der Waals surface area contributed by atoms with Crippen LogP contribution in [0.2, 0.25) is 0 Å². The number of hydrogen-bond acceptors (Lipinski definition) is 4. The molecule has 4 nitrogen and oxygen atoms in total. The Hall–Kier alpha value is -0.995. The molecule has 1 heterocycles. The molecule has 1 rings (SSSR count). The zero-order valence-electron chi connectivity index (χ0n) is 6.00. The highest BCUT2D eigenvalue weighted by Crippen LogP contribution is 1.84. The van der Waals surface area contributed by atoms with Gasteiger partial charge >= 0.3 is 6.01 Å². The van der Waals surface area contributed by atoms with Crippen LogP contribution in [0, 0.1) is 0 Å². The molecule has 7 heteroatoms. The van der Waals surface area contributed by atoms with Crippen molar-refractivity contribution in [2.24, 2.45) is 0 Å². The fourth-order valence-electron chi connectivity index (χ4n) is 0.736. The summed E-state index contributed by atoms with van der Waals surface area (Å²) in [6.45, 7) is 0. The highest BCUT2D eigenvalue weighted by atomic mass is 16.3. The Labute approximate surface area is 61.1 Å². The third-order valence-corrected chi connectivity index (χ3v) is 1.28. The van der Waals surface area contributed by atoms with E-state index in [4.69, 9.17) is 5.11 Å². The molecule has 1 N–H and O–H groups in total. The highest BCUT2D eigenvalue weighted by Gasteiger charge is 2.00. The van der Waals surface area contributed by atoms with Gasteiger partial charge in [0.2, 0.25) is 0 Å². The van der Waals surface area contributed by atoms with E-state index in [1.807, 2.05) is 15.6 Å². The van der Waals surface area contributed by atoms with E-state index >= 15 is 0 Å². The van der Waals surface area contributed by atoms with E-state index < -0.39 is 0 Å². The van der Waals surface area contributed by atoms with Gasteiger partial charge in [-0.15, -0.1) is 0 Å². The zero-order valence-corrected chi connectivity index (χ0v) is 6.00. The third-order valence-electron chi connectivity index (χ3n) is 1.28. The van der Waals surface area contributed by atoms with Crippen LogP contribution in [0.5, 0.6) is 6.01 Å². The Kier molecular flexibility index (Phi) is 1.94. The minimum atomic E-state index is -0.248. The normalized spacial score (nSPS) is 9.20. The second-order valence-electron chi connectivity index (χ2n) is 2.00. The fraction of sp³-hybridized carbons (Fsp3) is 0. The average molecular weight is 133 g/mol. The topological polar surface area (TPSA) is 58.9 Å². The first-order valence-corrected chi connectivity index (χ1v) is 3.13. The van der Waals surface area contributed by atoms with Crippen LogP contribution in [0.15, 0.2) is 0 Å². The molecular formula is C3H6B3N3O. The van der Waals surface area contributed by atoms with Crippen LogP contribution in [0.25, 0.3) is 0 Å². The number of hydrogen-bond donors (Lipinski definition) is 1. The van der Waals surface area contributed by atoms with Crippen LogP contribution < -0.4 is 11.2 Å². The van der Waals surface area contributed by atoms with E-state index in [1.165, 1.54) is 0 Å². The van der Waals surface area contributed by atoms with Crippen LogP contribution in [0.4, 0.5) is 0 Å². The molecule has 0 aliphatic rings. The average Bonchev–Trinajstić information content (AvgIpc) is 1.94. The summed E-state index contributed by atoms with van der Waals surface area (Å²) < 4.78 is 0. The minimum Gasteiger partial charge on any atom is -0.478 e. The smallest absolute Gasteiger partial charge is 0.332 e. The summed E-state index contributed by atoms with van der Waals surface area (Å²) >= 11 is 0. The third kappa shape index (κ3) is 1.29. The van der Waals surface area contributed by atoms with Crippen molar-refractivity contribution in [2.45, 2.75) is 0 Å². The van der Waals surface area contributed by atoms with Crippen LogP contribution in [-0.4, -0.2) is 43.0 Å². The summed E-state index contributed by atoms with van der Waals surface area (Å²) in [6, 6.07) is -0.248. The van der Waals surface area contributed by atoms with E-state index in [-0.39, 0.29) is 6.01 Å². The van der Waals surface area contributed by atoms with Crippen molar-refractivity contribution in [1.29, 1.82) is 0 Å². The predicted molar refractivity (Wildman–Crippen MR) is 45.0 cm³/mol. The van der Waals surface area contributed by atoms with E-state index in [1.54, 1.807) is 0 Å². The highest BCUT2D eigenvalue weighted by molar-refractivity contribution is 6.98. The first-order valence-electron chi connectivity index (χ1n) is 3.13. The Morgan fingerprint density at radius 1 is 1.40 bits per heavy atom. The van der Waals surface area contributed by atoms with Gasteiger partial charge in [-0.25, -0.2) is 4.98 Å². The van der Waals surface area contributed by atoms with E-state index in [2.05, 4.69) is 15.2 Å². The molecular weight excluding hydrogens is 126 g/mol. The zero-order chi connectivity index (χ0) is 7.56. The van der Waals surface area contributed by atoms with Gasteiger partial charge in [0.05, 0.1) is 7.74 Å². The molecule has 0 bridgehead atoms. The minimum absolute atomic E-state index is 0.248.